The summed E-state index contributed by atoms with van der Waals surface area (Å²) in [7, 11) is -3.71. The predicted molar refractivity (Wildman–Crippen MR) is 103 cm³/mol. The zero-order valence-electron chi connectivity index (χ0n) is 15.4. The summed E-state index contributed by atoms with van der Waals surface area (Å²) in [6.07, 6.45) is 1.85. The highest BCUT2D eigenvalue weighted by Gasteiger charge is 2.37. The molecule has 0 radical (unpaired) electrons. The van der Waals surface area contributed by atoms with Crippen molar-refractivity contribution in [2.45, 2.75) is 17.1 Å². The van der Waals surface area contributed by atoms with Crippen LogP contribution in [0.25, 0.3) is 0 Å². The molecule has 8 nitrogen and oxygen atoms in total. The van der Waals surface area contributed by atoms with Crippen LogP contribution in [0.2, 0.25) is 0 Å². The largest absolute Gasteiger partial charge is 0.454 e. The molecule has 3 aromatic rings. The third-order valence-corrected chi connectivity index (χ3v) is 6.92. The van der Waals surface area contributed by atoms with E-state index in [2.05, 4.69) is 10.2 Å². The number of aromatic nitrogens is 2. The molecule has 5 rings (SSSR count). The van der Waals surface area contributed by atoms with Crippen molar-refractivity contribution >= 4 is 10.0 Å². The lowest BCUT2D eigenvalue weighted by Gasteiger charge is -2.37. The van der Waals surface area contributed by atoms with Gasteiger partial charge in [-0.1, -0.05) is 36.4 Å². The summed E-state index contributed by atoms with van der Waals surface area (Å²) in [5, 5.41) is 6.36. The molecule has 2 atom stereocenters. The molecule has 3 heterocycles. The Morgan fingerprint density at radius 1 is 0.966 bits per heavy atom. The number of ether oxygens (including phenoxy) is 3. The van der Waals surface area contributed by atoms with Crippen LogP contribution in [0.15, 0.2) is 65.8 Å². The van der Waals surface area contributed by atoms with Gasteiger partial charge in [0.2, 0.25) is 16.8 Å². The van der Waals surface area contributed by atoms with Crippen LogP contribution in [0.1, 0.15) is 23.3 Å². The Morgan fingerprint density at radius 3 is 2.48 bits per heavy atom. The summed E-state index contributed by atoms with van der Waals surface area (Å²) in [5.74, 6) is 1.31. The molecule has 0 aliphatic carbocycles. The van der Waals surface area contributed by atoms with Crippen molar-refractivity contribution in [3.05, 3.63) is 72.1 Å². The molecule has 1 saturated heterocycles. The van der Waals surface area contributed by atoms with Crippen LogP contribution in [0.5, 0.6) is 11.5 Å². The number of sulfonamides is 1. The van der Waals surface area contributed by atoms with Gasteiger partial charge in [-0.05, 0) is 23.3 Å². The SMILES string of the molecule is O=S(=O)(c1cn[nH]c1)N1C[C@@H](c2ccccc2)O[C@@H](c2ccc3c(c2)OCO3)C1. The Hall–Kier alpha value is -2.88. The number of benzene rings is 2. The topological polar surface area (TPSA) is 93.8 Å². The maximum Gasteiger partial charge on any atom is 0.246 e. The van der Waals surface area contributed by atoms with Crippen LogP contribution in [0.3, 0.4) is 0 Å². The van der Waals surface area contributed by atoms with Crippen LogP contribution in [-0.2, 0) is 14.8 Å². The molecular formula is C20H19N3O5S. The fourth-order valence-electron chi connectivity index (χ4n) is 3.60. The van der Waals surface area contributed by atoms with Gasteiger partial charge < -0.3 is 14.2 Å². The first-order valence-electron chi connectivity index (χ1n) is 9.20. The van der Waals surface area contributed by atoms with E-state index in [1.54, 1.807) is 0 Å². The summed E-state index contributed by atoms with van der Waals surface area (Å²) < 4.78 is 44.9. The highest BCUT2D eigenvalue weighted by Crippen LogP contribution is 2.39. The number of nitrogens with zero attached hydrogens (tertiary/aromatic N) is 2. The number of H-pyrrole nitrogens is 1. The summed E-state index contributed by atoms with van der Waals surface area (Å²) in [4.78, 5) is 0.135. The summed E-state index contributed by atoms with van der Waals surface area (Å²) in [6, 6.07) is 15.2. The monoisotopic (exact) mass is 413 g/mol. The number of hydrogen-bond acceptors (Lipinski definition) is 6. The fourth-order valence-corrected chi connectivity index (χ4v) is 4.95. The van der Waals surface area contributed by atoms with Crippen LogP contribution < -0.4 is 9.47 Å². The van der Waals surface area contributed by atoms with Gasteiger partial charge in [0.05, 0.1) is 18.4 Å². The van der Waals surface area contributed by atoms with E-state index in [9.17, 15) is 8.42 Å². The number of aromatic amines is 1. The molecule has 9 heteroatoms. The van der Waals surface area contributed by atoms with Gasteiger partial charge in [0.1, 0.15) is 4.90 Å². The first-order chi connectivity index (χ1) is 14.1. The van der Waals surface area contributed by atoms with E-state index in [1.165, 1.54) is 16.7 Å². The lowest BCUT2D eigenvalue weighted by Crippen LogP contribution is -2.43. The summed E-state index contributed by atoms with van der Waals surface area (Å²) in [5.41, 5.74) is 1.76. The van der Waals surface area contributed by atoms with Gasteiger partial charge in [-0.3, -0.25) is 5.10 Å². The van der Waals surface area contributed by atoms with E-state index in [0.29, 0.717) is 11.5 Å². The third-order valence-electron chi connectivity index (χ3n) is 5.12. The van der Waals surface area contributed by atoms with Crippen LogP contribution in [0.4, 0.5) is 0 Å². The fraction of sp³-hybridized carbons (Fsp3) is 0.250. The van der Waals surface area contributed by atoms with Crippen molar-refractivity contribution in [1.82, 2.24) is 14.5 Å². The average Bonchev–Trinajstić information content (AvgIpc) is 3.46. The molecule has 0 amide bonds. The van der Waals surface area contributed by atoms with Gasteiger partial charge in [0, 0.05) is 19.3 Å². The van der Waals surface area contributed by atoms with Crippen molar-refractivity contribution in [2.24, 2.45) is 0 Å². The van der Waals surface area contributed by atoms with Crippen molar-refractivity contribution < 1.29 is 22.6 Å². The third kappa shape index (κ3) is 3.37. The van der Waals surface area contributed by atoms with Crippen LogP contribution in [0, 0.1) is 0 Å². The first-order valence-corrected chi connectivity index (χ1v) is 10.6. The second kappa shape index (κ2) is 7.18. The number of fused-ring (bicyclic) bond motifs is 1. The Labute approximate surface area is 168 Å². The molecule has 2 aliphatic heterocycles. The molecule has 0 spiro atoms. The highest BCUT2D eigenvalue weighted by atomic mass is 32.2. The maximum atomic E-state index is 13.2. The molecule has 29 heavy (non-hydrogen) atoms. The molecule has 2 aliphatic rings. The Kier molecular flexibility index (Phi) is 4.50. The van der Waals surface area contributed by atoms with Crippen LogP contribution in [-0.4, -0.2) is 42.8 Å². The summed E-state index contributed by atoms with van der Waals surface area (Å²) in [6.45, 7) is 0.590. The smallest absolute Gasteiger partial charge is 0.246 e. The van der Waals surface area contributed by atoms with E-state index in [4.69, 9.17) is 14.2 Å². The Morgan fingerprint density at radius 2 is 1.72 bits per heavy atom. The second-order valence-electron chi connectivity index (χ2n) is 6.89. The first kappa shape index (κ1) is 18.2. The van der Waals surface area contributed by atoms with Crippen molar-refractivity contribution in [3.8, 4) is 11.5 Å². The number of rotatable bonds is 4. The van der Waals surface area contributed by atoms with Crippen LogP contribution >= 0.6 is 0 Å². The molecule has 1 fully saturated rings. The zero-order chi connectivity index (χ0) is 19.8. The molecule has 0 bridgehead atoms. The van der Waals surface area contributed by atoms with Gasteiger partial charge in [-0.2, -0.15) is 9.40 Å². The van der Waals surface area contributed by atoms with Crippen molar-refractivity contribution in [1.29, 1.82) is 0 Å². The van der Waals surface area contributed by atoms with Gasteiger partial charge in [-0.25, -0.2) is 8.42 Å². The molecule has 0 saturated carbocycles. The van der Waals surface area contributed by atoms with E-state index >= 15 is 0 Å². The van der Waals surface area contributed by atoms with Gasteiger partial charge in [0.25, 0.3) is 0 Å². The maximum absolute atomic E-state index is 13.2. The average molecular weight is 413 g/mol. The number of hydrogen-bond donors (Lipinski definition) is 1. The van der Waals surface area contributed by atoms with Gasteiger partial charge >= 0.3 is 0 Å². The van der Waals surface area contributed by atoms with Crippen molar-refractivity contribution in [3.63, 3.8) is 0 Å². The van der Waals surface area contributed by atoms with Gasteiger partial charge in [-0.15, -0.1) is 0 Å². The molecule has 1 aromatic heterocycles. The standard InChI is InChI=1S/C20H19N3O5S/c24-29(25,16-9-21-22-10-16)23-11-19(14-4-2-1-3-5-14)28-20(12-23)15-6-7-17-18(8-15)27-13-26-17/h1-10,19-20H,11-13H2,(H,21,22)/t19-,20+/m0/s1. The van der Waals surface area contributed by atoms with E-state index in [-0.39, 0.29) is 24.8 Å². The minimum absolute atomic E-state index is 0.135. The number of nitrogens with one attached hydrogen (secondary N) is 1. The molecule has 0 unspecified atom stereocenters. The minimum atomic E-state index is -3.71. The zero-order valence-corrected chi connectivity index (χ0v) is 16.2. The Bertz CT molecular complexity index is 1100. The number of morpholine rings is 1. The normalized spacial score (nSPS) is 21.9. The molecule has 1 N–H and O–H groups in total. The molecule has 150 valence electrons. The lowest BCUT2D eigenvalue weighted by atomic mass is 10.0. The van der Waals surface area contributed by atoms with Gasteiger partial charge in [0.15, 0.2) is 11.5 Å². The quantitative estimate of drug-likeness (QED) is 0.707. The summed E-state index contributed by atoms with van der Waals surface area (Å²) >= 11 is 0. The van der Waals surface area contributed by atoms with E-state index in [0.717, 1.165) is 11.1 Å². The van der Waals surface area contributed by atoms with E-state index < -0.39 is 22.2 Å². The second-order valence-corrected chi connectivity index (χ2v) is 8.83. The molecular weight excluding hydrogens is 394 g/mol. The minimum Gasteiger partial charge on any atom is -0.454 e. The highest BCUT2D eigenvalue weighted by molar-refractivity contribution is 7.89. The molecule has 2 aromatic carbocycles. The lowest BCUT2D eigenvalue weighted by molar-refractivity contribution is -0.0672. The predicted octanol–water partition coefficient (Wildman–Crippen LogP) is 2.64. The Balaban J connectivity index is 1.51. The van der Waals surface area contributed by atoms with E-state index in [1.807, 2.05) is 48.5 Å². The van der Waals surface area contributed by atoms with Crippen molar-refractivity contribution in [2.75, 3.05) is 19.9 Å².